The van der Waals surface area contributed by atoms with Gasteiger partial charge in [0.05, 0.1) is 13.7 Å². The number of hydrogen-bond acceptors (Lipinski definition) is 6. The molecule has 0 saturated carbocycles. The summed E-state index contributed by atoms with van der Waals surface area (Å²) in [6.07, 6.45) is 1.77. The quantitative estimate of drug-likeness (QED) is 0.556. The Labute approximate surface area is 166 Å². The van der Waals surface area contributed by atoms with Crippen molar-refractivity contribution in [3.8, 4) is 11.5 Å². The lowest BCUT2D eigenvalue weighted by Gasteiger charge is -2.21. The molecule has 0 radical (unpaired) electrons. The zero-order valence-electron chi connectivity index (χ0n) is 16.6. The van der Waals surface area contributed by atoms with Gasteiger partial charge in [0.25, 0.3) is 0 Å². The maximum atomic E-state index is 5.74. The van der Waals surface area contributed by atoms with E-state index in [1.54, 1.807) is 13.3 Å². The van der Waals surface area contributed by atoms with Gasteiger partial charge in [0.15, 0.2) is 0 Å². The van der Waals surface area contributed by atoms with Gasteiger partial charge in [-0.05, 0) is 61.9 Å². The Morgan fingerprint density at radius 3 is 2.54 bits per heavy atom. The van der Waals surface area contributed by atoms with Crippen molar-refractivity contribution >= 4 is 17.5 Å². The molecular weight excluding hydrogens is 352 g/mol. The molecule has 0 amide bonds. The number of rotatable bonds is 9. The lowest BCUT2D eigenvalue weighted by Crippen LogP contribution is -2.20. The van der Waals surface area contributed by atoms with E-state index in [2.05, 4.69) is 52.2 Å². The minimum absolute atomic E-state index is 0.529. The van der Waals surface area contributed by atoms with E-state index in [1.165, 1.54) is 5.56 Å². The first kappa shape index (κ1) is 19.5. The summed E-state index contributed by atoms with van der Waals surface area (Å²) in [5, 5.41) is 3.29. The molecule has 28 heavy (non-hydrogen) atoms. The van der Waals surface area contributed by atoms with Crippen LogP contribution in [0, 0.1) is 6.92 Å². The summed E-state index contributed by atoms with van der Waals surface area (Å²) in [6.45, 7) is 6.13. The number of anilines is 3. The predicted molar refractivity (Wildman–Crippen MR) is 113 cm³/mol. The SMILES string of the molecule is CCN(c1cccc(C)c1)c1nccc(NCCOc2ccc(OC)cc2)n1. The molecule has 0 spiro atoms. The zero-order chi connectivity index (χ0) is 19.8. The number of hydrogen-bond donors (Lipinski definition) is 1. The first-order chi connectivity index (χ1) is 13.7. The second-order valence-electron chi connectivity index (χ2n) is 6.28. The Morgan fingerprint density at radius 2 is 1.82 bits per heavy atom. The molecule has 1 aromatic heterocycles. The third-order valence-electron chi connectivity index (χ3n) is 4.25. The maximum absolute atomic E-state index is 5.74. The van der Waals surface area contributed by atoms with E-state index in [-0.39, 0.29) is 0 Å². The molecule has 3 rings (SSSR count). The lowest BCUT2D eigenvalue weighted by atomic mass is 10.2. The number of nitrogens with one attached hydrogen (secondary N) is 1. The highest BCUT2D eigenvalue weighted by Crippen LogP contribution is 2.23. The van der Waals surface area contributed by atoms with Crippen LogP contribution in [0.1, 0.15) is 12.5 Å². The van der Waals surface area contributed by atoms with Crippen LogP contribution in [0.3, 0.4) is 0 Å². The minimum atomic E-state index is 0.529. The monoisotopic (exact) mass is 378 g/mol. The van der Waals surface area contributed by atoms with Gasteiger partial charge in [-0.15, -0.1) is 0 Å². The van der Waals surface area contributed by atoms with Crippen LogP contribution < -0.4 is 19.7 Å². The maximum Gasteiger partial charge on any atom is 0.231 e. The molecule has 0 aliphatic heterocycles. The van der Waals surface area contributed by atoms with Crippen LogP contribution in [0.4, 0.5) is 17.5 Å². The molecule has 0 atom stereocenters. The number of nitrogens with zero attached hydrogens (tertiary/aromatic N) is 3. The van der Waals surface area contributed by atoms with Crippen LogP contribution >= 0.6 is 0 Å². The summed E-state index contributed by atoms with van der Waals surface area (Å²) in [7, 11) is 1.65. The average molecular weight is 378 g/mol. The van der Waals surface area contributed by atoms with Crippen molar-refractivity contribution in [3.63, 3.8) is 0 Å². The third kappa shape index (κ3) is 5.13. The van der Waals surface area contributed by atoms with Crippen molar-refractivity contribution in [1.29, 1.82) is 0 Å². The highest BCUT2D eigenvalue weighted by atomic mass is 16.5. The molecule has 3 aromatic rings. The Hall–Kier alpha value is -3.28. The largest absolute Gasteiger partial charge is 0.497 e. The van der Waals surface area contributed by atoms with Crippen molar-refractivity contribution in [2.24, 2.45) is 0 Å². The van der Waals surface area contributed by atoms with Crippen molar-refractivity contribution in [2.75, 3.05) is 37.0 Å². The molecule has 0 saturated heterocycles. The summed E-state index contributed by atoms with van der Waals surface area (Å²) in [4.78, 5) is 11.2. The van der Waals surface area contributed by atoms with Crippen molar-refractivity contribution < 1.29 is 9.47 Å². The van der Waals surface area contributed by atoms with Crippen LogP contribution in [0.15, 0.2) is 60.8 Å². The summed E-state index contributed by atoms with van der Waals surface area (Å²) < 4.78 is 10.9. The van der Waals surface area contributed by atoms with E-state index < -0.39 is 0 Å². The average Bonchev–Trinajstić information content (AvgIpc) is 2.73. The van der Waals surface area contributed by atoms with Gasteiger partial charge in [0.2, 0.25) is 5.95 Å². The number of ether oxygens (including phenoxy) is 2. The fourth-order valence-corrected chi connectivity index (χ4v) is 2.83. The number of aryl methyl sites for hydroxylation is 1. The van der Waals surface area contributed by atoms with E-state index in [0.717, 1.165) is 29.5 Å². The molecule has 1 heterocycles. The smallest absolute Gasteiger partial charge is 0.231 e. The number of benzene rings is 2. The van der Waals surface area contributed by atoms with E-state index in [4.69, 9.17) is 9.47 Å². The Kier molecular flexibility index (Phi) is 6.68. The minimum Gasteiger partial charge on any atom is -0.497 e. The molecule has 0 unspecified atom stereocenters. The molecule has 0 fully saturated rings. The lowest BCUT2D eigenvalue weighted by molar-refractivity contribution is 0.331. The molecule has 6 nitrogen and oxygen atoms in total. The molecule has 1 N–H and O–H groups in total. The second kappa shape index (κ2) is 9.60. The van der Waals surface area contributed by atoms with Crippen LogP contribution in [0.5, 0.6) is 11.5 Å². The molecule has 0 bridgehead atoms. The standard InChI is InChI=1S/C22H26N4O2/c1-4-26(18-7-5-6-17(2)16-18)22-24-13-12-21(25-22)23-14-15-28-20-10-8-19(27-3)9-11-20/h5-13,16H,4,14-15H2,1-3H3,(H,23,24,25). The Balaban J connectivity index is 1.58. The first-order valence-corrected chi connectivity index (χ1v) is 9.37. The topological polar surface area (TPSA) is 59.5 Å². The van der Waals surface area contributed by atoms with Crippen molar-refractivity contribution in [2.45, 2.75) is 13.8 Å². The van der Waals surface area contributed by atoms with E-state index >= 15 is 0 Å². The number of aromatic nitrogens is 2. The van der Waals surface area contributed by atoms with E-state index in [1.807, 2.05) is 36.4 Å². The van der Waals surface area contributed by atoms with Gasteiger partial charge in [-0.1, -0.05) is 12.1 Å². The summed E-state index contributed by atoms with van der Waals surface area (Å²) in [5.74, 6) is 3.07. The molecule has 2 aromatic carbocycles. The van der Waals surface area contributed by atoms with Gasteiger partial charge in [-0.25, -0.2) is 4.98 Å². The summed E-state index contributed by atoms with van der Waals surface area (Å²) >= 11 is 0. The highest BCUT2D eigenvalue weighted by Gasteiger charge is 2.11. The Morgan fingerprint density at radius 1 is 1.04 bits per heavy atom. The van der Waals surface area contributed by atoms with Crippen LogP contribution in [0.25, 0.3) is 0 Å². The molecule has 0 aliphatic rings. The predicted octanol–water partition coefficient (Wildman–Crippen LogP) is 4.44. The van der Waals surface area contributed by atoms with Crippen LogP contribution in [0.2, 0.25) is 0 Å². The van der Waals surface area contributed by atoms with Gasteiger partial charge in [-0.2, -0.15) is 4.98 Å². The fourth-order valence-electron chi connectivity index (χ4n) is 2.83. The van der Waals surface area contributed by atoms with Gasteiger partial charge < -0.3 is 19.7 Å². The first-order valence-electron chi connectivity index (χ1n) is 9.37. The summed E-state index contributed by atoms with van der Waals surface area (Å²) in [6, 6.07) is 17.7. The van der Waals surface area contributed by atoms with Gasteiger partial charge in [-0.3, -0.25) is 0 Å². The van der Waals surface area contributed by atoms with E-state index in [0.29, 0.717) is 19.1 Å². The normalized spacial score (nSPS) is 10.4. The zero-order valence-corrected chi connectivity index (χ0v) is 16.6. The fraction of sp³-hybridized carbons (Fsp3) is 0.273. The van der Waals surface area contributed by atoms with Gasteiger partial charge in [0, 0.05) is 18.4 Å². The molecule has 0 aliphatic carbocycles. The summed E-state index contributed by atoms with van der Waals surface area (Å²) in [5.41, 5.74) is 2.29. The molecule has 146 valence electrons. The third-order valence-corrected chi connectivity index (χ3v) is 4.25. The second-order valence-corrected chi connectivity index (χ2v) is 6.28. The molecule has 6 heteroatoms. The highest BCUT2D eigenvalue weighted by molar-refractivity contribution is 5.59. The Bertz CT molecular complexity index is 884. The van der Waals surface area contributed by atoms with Crippen LogP contribution in [-0.2, 0) is 0 Å². The van der Waals surface area contributed by atoms with E-state index in [9.17, 15) is 0 Å². The van der Waals surface area contributed by atoms with Gasteiger partial charge >= 0.3 is 0 Å². The van der Waals surface area contributed by atoms with Crippen LogP contribution in [-0.4, -0.2) is 36.8 Å². The van der Waals surface area contributed by atoms with Crippen molar-refractivity contribution in [3.05, 3.63) is 66.4 Å². The number of methoxy groups -OCH3 is 1. The molecular formula is C22H26N4O2. The van der Waals surface area contributed by atoms with Crippen molar-refractivity contribution in [1.82, 2.24) is 9.97 Å². The van der Waals surface area contributed by atoms with Gasteiger partial charge in [0.1, 0.15) is 23.9 Å².